The van der Waals surface area contributed by atoms with Gasteiger partial charge in [0.1, 0.15) is 5.69 Å². The molecule has 1 atom stereocenters. The second-order valence-electron chi connectivity index (χ2n) is 4.73. The summed E-state index contributed by atoms with van der Waals surface area (Å²) in [6.07, 6.45) is 6.59. The number of carbonyl (C=O) groups excluding carboxylic acids is 1. The number of ketones is 1. The quantitative estimate of drug-likeness (QED) is 0.686. The molecule has 102 valence electrons. The largest absolute Gasteiger partial charge is 0.330 e. The van der Waals surface area contributed by atoms with Crippen LogP contribution >= 0.6 is 0 Å². The van der Waals surface area contributed by atoms with Crippen LogP contribution in [0, 0.1) is 5.92 Å². The lowest BCUT2D eigenvalue weighted by Crippen LogP contribution is -2.13. The summed E-state index contributed by atoms with van der Waals surface area (Å²) in [6.45, 7) is 5.64. The van der Waals surface area contributed by atoms with Crippen LogP contribution in [0.4, 0.5) is 0 Å². The summed E-state index contributed by atoms with van der Waals surface area (Å²) < 4.78 is 1.76. The number of nitrogens with zero attached hydrogens (tertiary/aromatic N) is 2. The molecule has 4 nitrogen and oxygen atoms in total. The lowest BCUT2D eigenvalue weighted by Gasteiger charge is -2.14. The molecule has 0 bridgehead atoms. The van der Waals surface area contributed by atoms with Gasteiger partial charge in [0.15, 0.2) is 5.78 Å². The zero-order valence-electron chi connectivity index (χ0n) is 11.6. The van der Waals surface area contributed by atoms with Gasteiger partial charge in [0.2, 0.25) is 0 Å². The predicted octanol–water partition coefficient (Wildman–Crippen LogP) is 2.63. The molecule has 0 aromatic carbocycles. The fourth-order valence-electron chi connectivity index (χ4n) is 2.36. The van der Waals surface area contributed by atoms with E-state index in [2.05, 4.69) is 12.0 Å². The third-order valence-corrected chi connectivity index (χ3v) is 3.35. The minimum absolute atomic E-state index is 0.201. The molecule has 1 heterocycles. The van der Waals surface area contributed by atoms with E-state index in [4.69, 9.17) is 5.73 Å². The van der Waals surface area contributed by atoms with E-state index in [-0.39, 0.29) is 5.78 Å². The van der Waals surface area contributed by atoms with Gasteiger partial charge in [-0.05, 0) is 38.3 Å². The summed E-state index contributed by atoms with van der Waals surface area (Å²) in [5.41, 5.74) is 6.34. The Balaban J connectivity index is 2.49. The van der Waals surface area contributed by atoms with Gasteiger partial charge in [-0.25, -0.2) is 0 Å². The first-order valence-electron chi connectivity index (χ1n) is 6.97. The summed E-state index contributed by atoms with van der Waals surface area (Å²) in [5.74, 6) is 0.787. The molecule has 1 aromatic heterocycles. The van der Waals surface area contributed by atoms with Crippen molar-refractivity contribution in [3.05, 3.63) is 18.0 Å². The molecule has 0 amide bonds. The number of aryl methyl sites for hydroxylation is 1. The van der Waals surface area contributed by atoms with Crippen LogP contribution in [-0.2, 0) is 6.54 Å². The molecule has 0 saturated carbocycles. The van der Waals surface area contributed by atoms with Crippen molar-refractivity contribution in [2.24, 2.45) is 11.7 Å². The minimum atomic E-state index is 0.201. The predicted molar refractivity (Wildman–Crippen MR) is 73.5 cm³/mol. The summed E-state index contributed by atoms with van der Waals surface area (Å²) in [5, 5.41) is 4.13. The van der Waals surface area contributed by atoms with Gasteiger partial charge < -0.3 is 5.73 Å². The van der Waals surface area contributed by atoms with Crippen molar-refractivity contribution >= 4 is 5.78 Å². The summed E-state index contributed by atoms with van der Waals surface area (Å²) in [7, 11) is 0. The first-order chi connectivity index (χ1) is 8.72. The molecular weight excluding hydrogens is 226 g/mol. The number of carbonyl (C=O) groups is 1. The second kappa shape index (κ2) is 8.03. The maximum absolute atomic E-state index is 12.1. The molecule has 0 radical (unpaired) electrons. The lowest BCUT2D eigenvalue weighted by atomic mass is 9.93. The summed E-state index contributed by atoms with van der Waals surface area (Å²) in [6, 6.07) is 1.81. The van der Waals surface area contributed by atoms with Gasteiger partial charge in [-0.1, -0.05) is 19.8 Å². The fraction of sp³-hybridized carbons (Fsp3) is 0.714. The number of rotatable bonds is 9. The molecule has 2 N–H and O–H groups in total. The highest BCUT2D eigenvalue weighted by Crippen LogP contribution is 2.18. The molecule has 1 rings (SSSR count). The van der Waals surface area contributed by atoms with E-state index in [1.807, 2.05) is 13.0 Å². The molecular formula is C14H25N3O. The highest BCUT2D eigenvalue weighted by Gasteiger charge is 2.14. The van der Waals surface area contributed by atoms with Gasteiger partial charge >= 0.3 is 0 Å². The Morgan fingerprint density at radius 2 is 2.17 bits per heavy atom. The number of hydrogen-bond donors (Lipinski definition) is 1. The van der Waals surface area contributed by atoms with Crippen molar-refractivity contribution in [3.63, 3.8) is 0 Å². The van der Waals surface area contributed by atoms with Crippen LogP contribution in [0.2, 0.25) is 0 Å². The maximum atomic E-state index is 12.1. The van der Waals surface area contributed by atoms with E-state index in [1.54, 1.807) is 10.9 Å². The molecule has 0 saturated heterocycles. The Kier molecular flexibility index (Phi) is 6.65. The molecule has 18 heavy (non-hydrogen) atoms. The van der Waals surface area contributed by atoms with Crippen molar-refractivity contribution in [2.75, 3.05) is 6.54 Å². The SMILES string of the molecule is CCCC(CCN)CCC(=O)c1ccnn1CC. The summed E-state index contributed by atoms with van der Waals surface area (Å²) >= 11 is 0. The molecule has 1 unspecified atom stereocenters. The molecule has 1 aromatic rings. The Morgan fingerprint density at radius 3 is 2.78 bits per heavy atom. The van der Waals surface area contributed by atoms with Gasteiger partial charge in [-0.2, -0.15) is 5.10 Å². The van der Waals surface area contributed by atoms with E-state index in [9.17, 15) is 4.79 Å². The van der Waals surface area contributed by atoms with Crippen molar-refractivity contribution in [2.45, 2.75) is 52.5 Å². The van der Waals surface area contributed by atoms with Crippen LogP contribution in [-0.4, -0.2) is 22.1 Å². The topological polar surface area (TPSA) is 60.9 Å². The van der Waals surface area contributed by atoms with E-state index >= 15 is 0 Å². The minimum Gasteiger partial charge on any atom is -0.330 e. The van der Waals surface area contributed by atoms with Crippen molar-refractivity contribution in [1.29, 1.82) is 0 Å². The smallest absolute Gasteiger partial charge is 0.180 e. The normalized spacial score (nSPS) is 12.6. The van der Waals surface area contributed by atoms with Gasteiger partial charge in [-0.3, -0.25) is 9.48 Å². The monoisotopic (exact) mass is 251 g/mol. The average Bonchev–Trinajstić information content (AvgIpc) is 2.84. The Labute approximate surface area is 110 Å². The molecule has 0 fully saturated rings. The first-order valence-corrected chi connectivity index (χ1v) is 6.97. The van der Waals surface area contributed by atoms with Crippen LogP contribution in [0.25, 0.3) is 0 Å². The van der Waals surface area contributed by atoms with Gasteiger partial charge in [0, 0.05) is 19.2 Å². The number of Topliss-reactive ketones (excluding diaryl/α,β-unsaturated/α-hetero) is 1. The number of hydrogen-bond acceptors (Lipinski definition) is 3. The van der Waals surface area contributed by atoms with Crippen LogP contribution in [0.3, 0.4) is 0 Å². The van der Waals surface area contributed by atoms with E-state index < -0.39 is 0 Å². The number of nitrogens with two attached hydrogens (primary N) is 1. The molecule has 4 heteroatoms. The summed E-state index contributed by atoms with van der Waals surface area (Å²) in [4.78, 5) is 12.1. The fourth-order valence-corrected chi connectivity index (χ4v) is 2.36. The third-order valence-electron chi connectivity index (χ3n) is 3.35. The van der Waals surface area contributed by atoms with Crippen molar-refractivity contribution < 1.29 is 4.79 Å². The lowest BCUT2D eigenvalue weighted by molar-refractivity contribution is 0.0962. The highest BCUT2D eigenvalue weighted by molar-refractivity contribution is 5.94. The third kappa shape index (κ3) is 4.26. The zero-order valence-corrected chi connectivity index (χ0v) is 11.6. The molecule has 0 aliphatic carbocycles. The molecule has 0 aliphatic heterocycles. The van der Waals surface area contributed by atoms with Crippen LogP contribution < -0.4 is 5.73 Å². The van der Waals surface area contributed by atoms with Crippen LogP contribution in [0.5, 0.6) is 0 Å². The standard InChI is InChI=1S/C14H25N3O/c1-3-5-12(8-10-15)6-7-14(18)13-9-11-16-17(13)4-2/h9,11-12H,3-8,10,15H2,1-2H3. The van der Waals surface area contributed by atoms with Gasteiger partial charge in [-0.15, -0.1) is 0 Å². The Bertz CT molecular complexity index is 354. The number of aromatic nitrogens is 2. The first kappa shape index (κ1) is 14.9. The van der Waals surface area contributed by atoms with E-state index in [1.165, 1.54) is 0 Å². The molecule has 0 aliphatic rings. The van der Waals surface area contributed by atoms with E-state index in [0.29, 0.717) is 18.9 Å². The highest BCUT2D eigenvalue weighted by atomic mass is 16.1. The van der Waals surface area contributed by atoms with Crippen molar-refractivity contribution in [1.82, 2.24) is 9.78 Å². The van der Waals surface area contributed by atoms with Crippen molar-refractivity contribution in [3.8, 4) is 0 Å². The molecule has 0 spiro atoms. The van der Waals surface area contributed by atoms with Crippen LogP contribution in [0.15, 0.2) is 12.3 Å². The van der Waals surface area contributed by atoms with Gasteiger partial charge in [0.25, 0.3) is 0 Å². The van der Waals surface area contributed by atoms with Gasteiger partial charge in [0.05, 0.1) is 0 Å². The van der Waals surface area contributed by atoms with Crippen LogP contribution in [0.1, 0.15) is 56.4 Å². The Hall–Kier alpha value is -1.16. The maximum Gasteiger partial charge on any atom is 0.180 e. The average molecular weight is 251 g/mol. The van der Waals surface area contributed by atoms with E-state index in [0.717, 1.165) is 37.9 Å². The zero-order chi connectivity index (χ0) is 13.4. The Morgan fingerprint density at radius 1 is 1.39 bits per heavy atom. The second-order valence-corrected chi connectivity index (χ2v) is 4.73.